The average Bonchev–Trinajstić information content (AvgIpc) is 2.89. The van der Waals surface area contributed by atoms with Crippen molar-refractivity contribution in [2.24, 2.45) is 11.8 Å². The highest BCUT2D eigenvalue weighted by atomic mass is 16.5. The zero-order valence-corrected chi connectivity index (χ0v) is 22.4. The molecule has 7 nitrogen and oxygen atoms in total. The van der Waals surface area contributed by atoms with E-state index in [1.54, 1.807) is 16.8 Å². The monoisotopic (exact) mass is 495 g/mol. The van der Waals surface area contributed by atoms with Gasteiger partial charge in [-0.15, -0.1) is 0 Å². The topological polar surface area (TPSA) is 82.1 Å². The molecule has 36 heavy (non-hydrogen) atoms. The van der Waals surface area contributed by atoms with E-state index in [4.69, 9.17) is 4.74 Å². The summed E-state index contributed by atoms with van der Waals surface area (Å²) in [6, 6.07) is 15.1. The Bertz CT molecular complexity index is 1040. The number of aliphatic hydroxyl groups excluding tert-OH is 1. The summed E-state index contributed by atoms with van der Waals surface area (Å²) in [5, 5.41) is 13.0. The molecule has 0 unspecified atom stereocenters. The summed E-state index contributed by atoms with van der Waals surface area (Å²) in [5.41, 5.74) is 3.39. The maximum Gasteiger partial charge on any atom is 0.317 e. The van der Waals surface area contributed by atoms with E-state index in [2.05, 4.69) is 19.2 Å². The van der Waals surface area contributed by atoms with Crippen molar-refractivity contribution in [3.05, 3.63) is 59.7 Å². The molecule has 3 rings (SSSR count). The van der Waals surface area contributed by atoms with Gasteiger partial charge in [0.15, 0.2) is 0 Å². The molecule has 2 aromatic carbocycles. The molecule has 0 saturated carbocycles. The summed E-state index contributed by atoms with van der Waals surface area (Å²) >= 11 is 0. The highest BCUT2D eigenvalue weighted by Crippen LogP contribution is 2.31. The third kappa shape index (κ3) is 6.45. The van der Waals surface area contributed by atoms with Crippen molar-refractivity contribution in [1.82, 2.24) is 15.1 Å². The van der Waals surface area contributed by atoms with Crippen LogP contribution in [-0.4, -0.2) is 71.8 Å². The third-order valence-corrected chi connectivity index (χ3v) is 7.25. The molecule has 0 aliphatic carbocycles. The van der Waals surface area contributed by atoms with Gasteiger partial charge in [0.2, 0.25) is 0 Å². The van der Waals surface area contributed by atoms with Crippen LogP contribution in [0, 0.1) is 11.8 Å². The molecule has 1 aliphatic heterocycles. The number of ether oxygens (including phenoxy) is 1. The van der Waals surface area contributed by atoms with Crippen LogP contribution in [0.1, 0.15) is 50.5 Å². The first kappa shape index (κ1) is 27.7. The molecule has 0 fully saturated rings. The highest BCUT2D eigenvalue weighted by molar-refractivity contribution is 6.01. The number of rotatable bonds is 6. The molecule has 0 radical (unpaired) electrons. The minimum Gasteiger partial charge on any atom is -0.394 e. The average molecular weight is 496 g/mol. The normalized spacial score (nSPS) is 20.1. The SMILES string of the molecule is CC(C)[C@@H](C)NC(=O)N(C)C[C@H]1OCc2ccccc2-c2ccccc2C(=O)N([C@@H](C)CO)C[C@H]1C. The van der Waals surface area contributed by atoms with Gasteiger partial charge >= 0.3 is 6.03 Å². The van der Waals surface area contributed by atoms with Gasteiger partial charge in [0.25, 0.3) is 5.91 Å². The number of fused-ring (bicyclic) bond motifs is 3. The predicted molar refractivity (Wildman–Crippen MR) is 143 cm³/mol. The lowest BCUT2D eigenvalue weighted by Crippen LogP contribution is -2.50. The summed E-state index contributed by atoms with van der Waals surface area (Å²) in [7, 11) is 1.77. The Kier molecular flexibility index (Phi) is 9.51. The first-order valence-electron chi connectivity index (χ1n) is 12.9. The smallest absolute Gasteiger partial charge is 0.317 e. The molecule has 196 valence electrons. The molecule has 1 heterocycles. The maximum absolute atomic E-state index is 13.8. The van der Waals surface area contributed by atoms with Crippen molar-refractivity contribution in [1.29, 1.82) is 0 Å². The fourth-order valence-corrected chi connectivity index (χ4v) is 4.38. The number of amides is 3. The maximum atomic E-state index is 13.8. The van der Waals surface area contributed by atoms with Gasteiger partial charge in [0, 0.05) is 37.7 Å². The lowest BCUT2D eigenvalue weighted by molar-refractivity contribution is -0.0185. The Hall–Kier alpha value is -2.90. The molecule has 1 aliphatic rings. The number of nitrogens with one attached hydrogen (secondary N) is 1. The van der Waals surface area contributed by atoms with Crippen molar-refractivity contribution in [2.45, 2.75) is 59.4 Å². The van der Waals surface area contributed by atoms with Gasteiger partial charge in [-0.1, -0.05) is 63.2 Å². The number of hydrogen-bond donors (Lipinski definition) is 2. The Morgan fingerprint density at radius 2 is 1.69 bits per heavy atom. The van der Waals surface area contributed by atoms with Crippen LogP contribution in [0.15, 0.2) is 48.5 Å². The van der Waals surface area contributed by atoms with Gasteiger partial charge in [-0.05, 0) is 42.5 Å². The number of aliphatic hydroxyl groups is 1. The largest absolute Gasteiger partial charge is 0.394 e. The van der Waals surface area contributed by atoms with Crippen molar-refractivity contribution in [2.75, 3.05) is 26.7 Å². The van der Waals surface area contributed by atoms with Gasteiger partial charge < -0.3 is 25.0 Å². The van der Waals surface area contributed by atoms with Crippen molar-refractivity contribution in [3.8, 4) is 11.1 Å². The minimum atomic E-state index is -0.363. The van der Waals surface area contributed by atoms with Crippen LogP contribution in [0.2, 0.25) is 0 Å². The second kappa shape index (κ2) is 12.4. The molecule has 0 aromatic heterocycles. The second-order valence-electron chi connectivity index (χ2n) is 10.4. The van der Waals surface area contributed by atoms with Gasteiger partial charge in [0.1, 0.15) is 0 Å². The Balaban J connectivity index is 1.97. The number of carbonyl (C=O) groups excluding carboxylic acids is 2. The Morgan fingerprint density at radius 3 is 2.33 bits per heavy atom. The van der Waals surface area contributed by atoms with Crippen LogP contribution >= 0.6 is 0 Å². The van der Waals surface area contributed by atoms with Gasteiger partial charge in [-0.2, -0.15) is 0 Å². The van der Waals surface area contributed by atoms with E-state index >= 15 is 0 Å². The number of hydrogen-bond acceptors (Lipinski definition) is 4. The Morgan fingerprint density at radius 1 is 1.08 bits per heavy atom. The zero-order valence-electron chi connectivity index (χ0n) is 22.4. The fourth-order valence-electron chi connectivity index (χ4n) is 4.38. The summed E-state index contributed by atoms with van der Waals surface area (Å²) < 4.78 is 6.48. The predicted octanol–water partition coefficient (Wildman–Crippen LogP) is 4.40. The molecular weight excluding hydrogens is 454 g/mol. The molecule has 4 atom stereocenters. The highest BCUT2D eigenvalue weighted by Gasteiger charge is 2.31. The third-order valence-electron chi connectivity index (χ3n) is 7.25. The molecule has 2 N–H and O–H groups in total. The van der Waals surface area contributed by atoms with E-state index in [0.29, 0.717) is 31.2 Å². The zero-order chi connectivity index (χ0) is 26.4. The second-order valence-corrected chi connectivity index (χ2v) is 10.4. The molecule has 3 amide bonds. The van der Waals surface area contributed by atoms with E-state index in [0.717, 1.165) is 16.7 Å². The van der Waals surface area contributed by atoms with Crippen molar-refractivity contribution in [3.63, 3.8) is 0 Å². The molecule has 0 bridgehead atoms. The number of nitrogens with zero attached hydrogens (tertiary/aromatic N) is 2. The summed E-state index contributed by atoms with van der Waals surface area (Å²) in [6.07, 6.45) is -0.314. The van der Waals surface area contributed by atoms with Crippen LogP contribution in [0.4, 0.5) is 4.79 Å². The number of likely N-dealkylation sites (N-methyl/N-ethyl adjacent to an activating group) is 1. The quantitative estimate of drug-likeness (QED) is 0.623. The van der Waals surface area contributed by atoms with Crippen LogP contribution in [0.25, 0.3) is 11.1 Å². The summed E-state index contributed by atoms with van der Waals surface area (Å²) in [6.45, 7) is 11.0. The van der Waals surface area contributed by atoms with Crippen LogP contribution in [-0.2, 0) is 11.3 Å². The summed E-state index contributed by atoms with van der Waals surface area (Å²) in [4.78, 5) is 30.1. The first-order valence-corrected chi connectivity index (χ1v) is 12.9. The van der Waals surface area contributed by atoms with Crippen molar-refractivity contribution < 1.29 is 19.4 Å². The lowest BCUT2D eigenvalue weighted by Gasteiger charge is -2.35. The minimum absolute atomic E-state index is 0.0507. The van der Waals surface area contributed by atoms with Crippen LogP contribution < -0.4 is 5.32 Å². The number of urea groups is 1. The van der Waals surface area contributed by atoms with Crippen LogP contribution in [0.5, 0.6) is 0 Å². The van der Waals surface area contributed by atoms with Crippen LogP contribution in [0.3, 0.4) is 0 Å². The van der Waals surface area contributed by atoms with Gasteiger partial charge in [-0.25, -0.2) is 4.79 Å². The summed E-state index contributed by atoms with van der Waals surface area (Å²) in [5.74, 6) is 0.122. The first-order chi connectivity index (χ1) is 17.1. The lowest BCUT2D eigenvalue weighted by atomic mass is 9.94. The molecule has 2 aromatic rings. The van der Waals surface area contributed by atoms with Crippen molar-refractivity contribution >= 4 is 11.9 Å². The molecule has 0 spiro atoms. The number of benzene rings is 2. The van der Waals surface area contributed by atoms with Gasteiger partial charge in [-0.3, -0.25) is 4.79 Å². The Labute approximate surface area is 215 Å². The van der Waals surface area contributed by atoms with E-state index in [-0.39, 0.29) is 42.7 Å². The fraction of sp³-hybridized carbons (Fsp3) is 0.517. The standard InChI is InChI=1S/C29H41N3O4/c1-19(2)22(5)30-29(35)31(6)16-27-20(3)15-32(21(4)17-33)28(34)26-14-10-9-13-25(26)24-12-8-7-11-23(24)18-36-27/h7-14,19-22,27,33H,15-18H2,1-6H3,(H,30,35)/t20-,21+,22-,27-/m1/s1. The van der Waals surface area contributed by atoms with E-state index in [1.807, 2.05) is 69.3 Å². The van der Waals surface area contributed by atoms with E-state index in [9.17, 15) is 14.7 Å². The van der Waals surface area contributed by atoms with Gasteiger partial charge in [0.05, 0.1) is 25.4 Å². The number of carbonyl (C=O) groups is 2. The molecular formula is C29H41N3O4. The molecule has 7 heteroatoms. The van der Waals surface area contributed by atoms with E-state index in [1.165, 1.54) is 0 Å². The molecule has 0 saturated heterocycles. The van der Waals surface area contributed by atoms with E-state index < -0.39 is 0 Å².